The van der Waals surface area contributed by atoms with Crippen LogP contribution in [0.25, 0.3) is 0 Å². The van der Waals surface area contributed by atoms with Gasteiger partial charge >= 0.3 is 0 Å². The van der Waals surface area contributed by atoms with Gasteiger partial charge < -0.3 is 0 Å². The Bertz CT molecular complexity index is 544. The van der Waals surface area contributed by atoms with Gasteiger partial charge in [-0.05, 0) is 42.3 Å². The Morgan fingerprint density at radius 3 is 2.65 bits per heavy atom. The molecule has 84 valence electrons. The first-order valence-corrected chi connectivity index (χ1v) is 6.30. The lowest BCUT2D eigenvalue weighted by atomic mass is 10.1. The second kappa shape index (κ2) is 5.51. The van der Waals surface area contributed by atoms with Crippen LogP contribution in [-0.4, -0.2) is 4.98 Å². The molecule has 0 atom stereocenters. The Balaban J connectivity index is 2.08. The molecule has 2 nitrogen and oxygen atoms in total. The van der Waals surface area contributed by atoms with Gasteiger partial charge in [0.15, 0.2) is 0 Å². The average Bonchev–Trinajstić information content (AvgIpc) is 2.38. The predicted molar refractivity (Wildman–Crippen MR) is 69.7 cm³/mol. The van der Waals surface area contributed by atoms with Crippen LogP contribution in [0.1, 0.15) is 16.7 Å². The summed E-state index contributed by atoms with van der Waals surface area (Å²) in [5.74, 6) is 0.918. The number of nitrogens with zero attached hydrogens (tertiary/aromatic N) is 2. The maximum atomic E-state index is 8.80. The van der Waals surface area contributed by atoms with E-state index in [1.807, 2.05) is 37.3 Å². The lowest BCUT2D eigenvalue weighted by molar-refractivity contribution is 1.25. The second-order valence-corrected chi connectivity index (χ2v) is 4.77. The van der Waals surface area contributed by atoms with Gasteiger partial charge in [-0.2, -0.15) is 5.26 Å². The number of thioether (sulfide) groups is 1. The molecule has 0 amide bonds. The summed E-state index contributed by atoms with van der Waals surface area (Å²) in [6.45, 7) is 2.04. The third-order valence-corrected chi connectivity index (χ3v) is 3.58. The number of nitriles is 1. The second-order valence-electron chi connectivity index (χ2n) is 3.72. The third-order valence-electron chi connectivity index (χ3n) is 2.52. The minimum Gasteiger partial charge on any atom is -0.265 e. The summed E-state index contributed by atoms with van der Waals surface area (Å²) in [6.07, 6.45) is 3.60. The zero-order valence-electron chi connectivity index (χ0n) is 9.55. The molecule has 0 spiro atoms. The van der Waals surface area contributed by atoms with Crippen molar-refractivity contribution in [3.8, 4) is 6.07 Å². The van der Waals surface area contributed by atoms with E-state index in [0.717, 1.165) is 11.3 Å². The molecule has 0 N–H and O–H groups in total. The van der Waals surface area contributed by atoms with E-state index in [1.54, 1.807) is 24.2 Å². The third kappa shape index (κ3) is 3.08. The van der Waals surface area contributed by atoms with Crippen molar-refractivity contribution in [2.45, 2.75) is 17.6 Å². The van der Waals surface area contributed by atoms with Crippen LogP contribution in [0.5, 0.6) is 0 Å². The molecule has 0 saturated heterocycles. The fourth-order valence-electron chi connectivity index (χ4n) is 1.52. The van der Waals surface area contributed by atoms with Gasteiger partial charge in [0.05, 0.1) is 11.6 Å². The molecule has 0 radical (unpaired) electrons. The molecule has 1 aromatic carbocycles. The molecule has 0 aliphatic rings. The summed E-state index contributed by atoms with van der Waals surface area (Å²) in [6, 6.07) is 12.0. The molecule has 0 bridgehead atoms. The number of benzene rings is 1. The maximum absolute atomic E-state index is 8.80. The van der Waals surface area contributed by atoms with Gasteiger partial charge in [-0.3, -0.25) is 4.98 Å². The fraction of sp³-hybridized carbons (Fsp3) is 0.143. The number of hydrogen-bond donors (Lipinski definition) is 0. The SMILES string of the molecule is Cc1cc(C#N)ccc1CSc1ccncc1. The zero-order chi connectivity index (χ0) is 12.1. The van der Waals surface area contributed by atoms with E-state index < -0.39 is 0 Å². The van der Waals surface area contributed by atoms with E-state index in [4.69, 9.17) is 5.26 Å². The van der Waals surface area contributed by atoms with Crippen LogP contribution >= 0.6 is 11.8 Å². The lowest BCUT2D eigenvalue weighted by Gasteiger charge is -2.05. The molecule has 3 heteroatoms. The smallest absolute Gasteiger partial charge is 0.0991 e. The first kappa shape index (κ1) is 11.7. The molecule has 1 aromatic heterocycles. The van der Waals surface area contributed by atoms with Crippen molar-refractivity contribution in [3.63, 3.8) is 0 Å². The summed E-state index contributed by atoms with van der Waals surface area (Å²) >= 11 is 1.78. The number of rotatable bonds is 3. The standard InChI is InChI=1S/C14H12N2S/c1-11-8-12(9-15)2-3-13(11)10-17-14-4-6-16-7-5-14/h2-8H,10H2,1H3. The van der Waals surface area contributed by atoms with Crippen molar-refractivity contribution >= 4 is 11.8 Å². The van der Waals surface area contributed by atoms with Crippen LogP contribution in [0.4, 0.5) is 0 Å². The molecule has 0 aliphatic carbocycles. The van der Waals surface area contributed by atoms with Gasteiger partial charge in [-0.25, -0.2) is 0 Å². The van der Waals surface area contributed by atoms with Gasteiger partial charge in [0.2, 0.25) is 0 Å². The van der Waals surface area contributed by atoms with E-state index in [-0.39, 0.29) is 0 Å². The van der Waals surface area contributed by atoms with Gasteiger partial charge in [-0.15, -0.1) is 11.8 Å². The molecule has 0 aliphatic heterocycles. The average molecular weight is 240 g/mol. The summed E-state index contributed by atoms with van der Waals surface area (Å²) < 4.78 is 0. The lowest BCUT2D eigenvalue weighted by Crippen LogP contribution is -1.88. The van der Waals surface area contributed by atoms with Crippen molar-refractivity contribution in [3.05, 3.63) is 59.4 Å². The summed E-state index contributed by atoms with van der Waals surface area (Å²) in [4.78, 5) is 5.20. The Kier molecular flexibility index (Phi) is 3.79. The molecule has 1 heterocycles. The van der Waals surface area contributed by atoms with E-state index in [9.17, 15) is 0 Å². The van der Waals surface area contributed by atoms with Crippen LogP contribution in [0, 0.1) is 18.3 Å². The number of pyridine rings is 1. The molecule has 0 unspecified atom stereocenters. The Hall–Kier alpha value is -1.79. The quantitative estimate of drug-likeness (QED) is 0.770. The minimum absolute atomic E-state index is 0.722. The molecule has 2 rings (SSSR count). The number of hydrogen-bond acceptors (Lipinski definition) is 3. The molecular weight excluding hydrogens is 228 g/mol. The first-order chi connectivity index (χ1) is 8.29. The summed E-state index contributed by atoms with van der Waals surface area (Å²) in [5, 5.41) is 8.80. The fourth-order valence-corrected chi connectivity index (χ4v) is 2.48. The van der Waals surface area contributed by atoms with Crippen molar-refractivity contribution < 1.29 is 0 Å². The zero-order valence-corrected chi connectivity index (χ0v) is 10.4. The molecule has 0 saturated carbocycles. The maximum Gasteiger partial charge on any atom is 0.0991 e. The monoisotopic (exact) mass is 240 g/mol. The Labute approximate surface area is 105 Å². The van der Waals surface area contributed by atoms with Crippen LogP contribution in [0.15, 0.2) is 47.6 Å². The topological polar surface area (TPSA) is 36.7 Å². The van der Waals surface area contributed by atoms with E-state index >= 15 is 0 Å². The van der Waals surface area contributed by atoms with Crippen LogP contribution in [0.2, 0.25) is 0 Å². The first-order valence-electron chi connectivity index (χ1n) is 5.32. The van der Waals surface area contributed by atoms with Gasteiger partial charge in [0, 0.05) is 23.0 Å². The van der Waals surface area contributed by atoms with Gasteiger partial charge in [0.25, 0.3) is 0 Å². The number of aryl methyl sites for hydroxylation is 1. The van der Waals surface area contributed by atoms with Gasteiger partial charge in [0.1, 0.15) is 0 Å². The molecule has 2 aromatic rings. The minimum atomic E-state index is 0.722. The normalized spacial score (nSPS) is 9.88. The van der Waals surface area contributed by atoms with Crippen LogP contribution in [-0.2, 0) is 5.75 Å². The number of aromatic nitrogens is 1. The van der Waals surface area contributed by atoms with E-state index in [2.05, 4.69) is 11.1 Å². The van der Waals surface area contributed by atoms with Crippen molar-refractivity contribution in [1.82, 2.24) is 4.98 Å². The highest BCUT2D eigenvalue weighted by molar-refractivity contribution is 7.98. The highest BCUT2D eigenvalue weighted by Gasteiger charge is 2.01. The highest BCUT2D eigenvalue weighted by Crippen LogP contribution is 2.23. The summed E-state index contributed by atoms with van der Waals surface area (Å²) in [7, 11) is 0. The van der Waals surface area contributed by atoms with Gasteiger partial charge in [-0.1, -0.05) is 6.07 Å². The highest BCUT2D eigenvalue weighted by atomic mass is 32.2. The van der Waals surface area contributed by atoms with Crippen LogP contribution < -0.4 is 0 Å². The molecule has 17 heavy (non-hydrogen) atoms. The predicted octanol–water partition coefficient (Wildman–Crippen LogP) is 3.55. The van der Waals surface area contributed by atoms with Crippen molar-refractivity contribution in [1.29, 1.82) is 5.26 Å². The van der Waals surface area contributed by atoms with Crippen molar-refractivity contribution in [2.24, 2.45) is 0 Å². The molecule has 0 fully saturated rings. The van der Waals surface area contributed by atoms with E-state index in [0.29, 0.717) is 0 Å². The Morgan fingerprint density at radius 1 is 1.24 bits per heavy atom. The van der Waals surface area contributed by atoms with E-state index in [1.165, 1.54) is 16.0 Å². The molecular formula is C14H12N2S. The van der Waals surface area contributed by atoms with Crippen molar-refractivity contribution in [2.75, 3.05) is 0 Å². The Morgan fingerprint density at radius 2 is 2.00 bits per heavy atom. The summed E-state index contributed by atoms with van der Waals surface area (Å²) in [5.41, 5.74) is 3.16. The van der Waals surface area contributed by atoms with Crippen LogP contribution in [0.3, 0.4) is 0 Å². The largest absolute Gasteiger partial charge is 0.265 e.